The summed E-state index contributed by atoms with van der Waals surface area (Å²) in [6, 6.07) is 1.70. The minimum absolute atomic E-state index is 0.525. The minimum atomic E-state index is -2.12. The van der Waals surface area contributed by atoms with Gasteiger partial charge in [-0.25, -0.2) is 0 Å². The molecule has 0 aliphatic carbocycles. The number of H-pyrrole nitrogens is 1. The van der Waals surface area contributed by atoms with Crippen molar-refractivity contribution in [3.63, 3.8) is 0 Å². The van der Waals surface area contributed by atoms with Crippen LogP contribution in [0.15, 0.2) is 12.3 Å². The van der Waals surface area contributed by atoms with E-state index < -0.39 is 8.53 Å². The third kappa shape index (κ3) is 7.81. The van der Waals surface area contributed by atoms with E-state index in [0.29, 0.717) is 10.1 Å². The fourth-order valence-electron chi connectivity index (χ4n) is 0.385. The zero-order valence-corrected chi connectivity index (χ0v) is 8.61. The summed E-state index contributed by atoms with van der Waals surface area (Å²) in [7, 11) is -2.12. The van der Waals surface area contributed by atoms with Crippen molar-refractivity contribution in [1.29, 1.82) is 0 Å². The van der Waals surface area contributed by atoms with Gasteiger partial charge in [-0.1, -0.05) is 0 Å². The summed E-state index contributed by atoms with van der Waals surface area (Å²) in [6.45, 7) is 0. The van der Waals surface area contributed by atoms with E-state index >= 15 is 0 Å². The molecule has 6 nitrogen and oxygen atoms in total. The van der Waals surface area contributed by atoms with Crippen LogP contribution in [0.1, 0.15) is 0 Å². The van der Waals surface area contributed by atoms with E-state index in [9.17, 15) is 0 Å². The van der Waals surface area contributed by atoms with Crippen molar-refractivity contribution in [2.24, 2.45) is 5.50 Å². The Labute approximate surface area is 78.0 Å². The van der Waals surface area contributed by atoms with Crippen LogP contribution in [0.25, 0.3) is 0 Å². The molecule has 0 atom stereocenters. The molecule has 0 aromatic carbocycles. The summed E-state index contributed by atoms with van der Waals surface area (Å²) in [4.78, 5) is 21.6. The third-order valence-electron chi connectivity index (χ3n) is 0.692. The van der Waals surface area contributed by atoms with Gasteiger partial charge in [0, 0.05) is 0 Å². The van der Waals surface area contributed by atoms with Gasteiger partial charge < -0.3 is 9.79 Å². The second kappa shape index (κ2) is 6.25. The Hall–Kier alpha value is -0.291. The first-order chi connectivity index (χ1) is 5.52. The molecular formula is C4H9N4O2PSe. The maximum atomic E-state index is 7.45. The van der Waals surface area contributed by atoms with Crippen molar-refractivity contribution in [3.8, 4) is 0 Å². The molecular weight excluding hydrogens is 246 g/mol. The Bertz CT molecular complexity index is 275. The molecule has 1 rings (SSSR count). The zero-order valence-electron chi connectivity index (χ0n) is 6.01. The summed E-state index contributed by atoms with van der Waals surface area (Å²) in [5.41, 5.74) is 9.59. The van der Waals surface area contributed by atoms with Gasteiger partial charge in [0.25, 0.3) is 0 Å². The predicted octanol–water partition coefficient (Wildman–Crippen LogP) is -1.15. The van der Waals surface area contributed by atoms with Crippen LogP contribution in [0.4, 0.5) is 5.82 Å². The van der Waals surface area contributed by atoms with Gasteiger partial charge in [-0.3, -0.25) is 5.50 Å². The Morgan fingerprint density at radius 1 is 1.58 bits per heavy atom. The zero-order chi connectivity index (χ0) is 9.56. The number of nitrogens with zero attached hydrogens (tertiary/aromatic N) is 1. The second-order valence-electron chi connectivity index (χ2n) is 1.64. The van der Waals surface area contributed by atoms with E-state index in [1.54, 1.807) is 12.3 Å². The molecule has 68 valence electrons. The van der Waals surface area contributed by atoms with E-state index in [1.165, 1.54) is 0 Å². The van der Waals surface area contributed by atoms with Gasteiger partial charge >= 0.3 is 53.7 Å². The molecule has 1 aromatic rings. The number of hydrogen-bond donors (Lipinski definition) is 5. The van der Waals surface area contributed by atoms with Crippen molar-refractivity contribution in [3.05, 3.63) is 16.6 Å². The number of aromatic nitrogens is 2. The Morgan fingerprint density at radius 2 is 2.08 bits per heavy atom. The molecule has 0 spiro atoms. The Morgan fingerprint density at radius 3 is 2.33 bits per heavy atom. The van der Waals surface area contributed by atoms with Crippen molar-refractivity contribution in [2.75, 3.05) is 5.73 Å². The first kappa shape index (κ1) is 11.7. The van der Waals surface area contributed by atoms with Crippen LogP contribution in [-0.2, 0) is 0 Å². The van der Waals surface area contributed by atoms with Crippen LogP contribution < -0.4 is 11.2 Å². The number of nitrogens with two attached hydrogens (primary N) is 2. The van der Waals surface area contributed by atoms with Gasteiger partial charge in [-0.2, -0.15) is 0 Å². The van der Waals surface area contributed by atoms with E-state index in [4.69, 9.17) is 15.5 Å². The van der Waals surface area contributed by atoms with Crippen LogP contribution >= 0.6 is 8.53 Å². The van der Waals surface area contributed by atoms with Crippen molar-refractivity contribution >= 4 is 29.9 Å². The van der Waals surface area contributed by atoms with Crippen LogP contribution in [0, 0.1) is 4.32 Å². The molecule has 7 N–H and O–H groups in total. The van der Waals surface area contributed by atoms with Crippen LogP contribution in [0.3, 0.4) is 0 Å². The van der Waals surface area contributed by atoms with Gasteiger partial charge in [0.05, 0.1) is 0 Å². The molecule has 1 heterocycles. The summed E-state index contributed by atoms with van der Waals surface area (Å²) >= 11 is 2.70. The number of rotatable bonds is 0. The third-order valence-corrected chi connectivity index (χ3v) is 1.13. The van der Waals surface area contributed by atoms with Gasteiger partial charge in [0.1, 0.15) is 0 Å². The summed E-state index contributed by atoms with van der Waals surface area (Å²) in [6.07, 6.45) is 1.73. The summed E-state index contributed by atoms with van der Waals surface area (Å²) < 4.78 is 0.713. The number of anilines is 1. The standard InChI is InChI=1S/C4H5N3Se.H4NO2P/c5-3-1-2-6-4(8)7-3;1-4(2)3/h1-2H,(H3,5,6,7,8);2-3H,1H2. The van der Waals surface area contributed by atoms with Crippen molar-refractivity contribution < 1.29 is 9.79 Å². The number of nitrogens with one attached hydrogen (secondary N) is 1. The first-order valence-electron chi connectivity index (χ1n) is 2.76. The van der Waals surface area contributed by atoms with E-state index in [-0.39, 0.29) is 0 Å². The van der Waals surface area contributed by atoms with E-state index in [0.717, 1.165) is 0 Å². The Kier molecular flexibility index (Phi) is 6.10. The molecule has 0 saturated carbocycles. The average molecular weight is 255 g/mol. The predicted molar refractivity (Wildman–Crippen MR) is 47.5 cm³/mol. The molecule has 0 bridgehead atoms. The molecule has 0 unspecified atom stereocenters. The number of nitrogen functional groups attached to an aromatic ring is 1. The molecule has 1 aromatic heterocycles. The summed E-state index contributed by atoms with van der Waals surface area (Å²) in [5.74, 6) is 0.525. The monoisotopic (exact) mass is 256 g/mol. The number of hydrogen-bond acceptors (Lipinski definition) is 5. The second-order valence-corrected chi connectivity index (χ2v) is 3.09. The van der Waals surface area contributed by atoms with Crippen molar-refractivity contribution in [1.82, 2.24) is 9.97 Å². The molecule has 0 fully saturated rings. The van der Waals surface area contributed by atoms with Crippen LogP contribution in [0.5, 0.6) is 0 Å². The molecule has 8 heteroatoms. The van der Waals surface area contributed by atoms with Gasteiger partial charge in [0.2, 0.25) is 8.53 Å². The molecule has 0 radical (unpaired) electrons. The fourth-order valence-corrected chi connectivity index (χ4v) is 0.749. The molecule has 0 aliphatic rings. The Balaban J connectivity index is 0.000000261. The average Bonchev–Trinajstić information content (AvgIpc) is 1.84. The SMILES string of the molecule is NP(O)O.Nc1cc[nH]c(=[Se])n1. The van der Waals surface area contributed by atoms with E-state index in [2.05, 4.69) is 31.0 Å². The molecule has 0 aliphatic heterocycles. The molecule has 0 amide bonds. The van der Waals surface area contributed by atoms with Gasteiger partial charge in [-0.15, -0.1) is 0 Å². The van der Waals surface area contributed by atoms with Crippen LogP contribution in [-0.4, -0.2) is 35.3 Å². The fraction of sp³-hybridized carbons (Fsp3) is 0. The maximum absolute atomic E-state index is 7.45. The molecule has 12 heavy (non-hydrogen) atoms. The normalized spacial score (nSPS) is 9.00. The van der Waals surface area contributed by atoms with E-state index in [1.807, 2.05) is 0 Å². The van der Waals surface area contributed by atoms with Crippen LogP contribution in [0.2, 0.25) is 0 Å². The molecule has 0 saturated heterocycles. The van der Waals surface area contributed by atoms with Gasteiger partial charge in [-0.05, 0) is 0 Å². The number of aromatic amines is 1. The summed E-state index contributed by atoms with van der Waals surface area (Å²) in [5, 5.41) is 0. The first-order valence-corrected chi connectivity index (χ1v) is 4.93. The van der Waals surface area contributed by atoms with Gasteiger partial charge in [0.15, 0.2) is 0 Å². The quantitative estimate of drug-likeness (QED) is 0.296. The van der Waals surface area contributed by atoms with Crippen molar-refractivity contribution in [2.45, 2.75) is 0 Å². The topological polar surface area (TPSA) is 121 Å².